The van der Waals surface area contributed by atoms with Gasteiger partial charge < -0.3 is 20.7 Å². The lowest BCUT2D eigenvalue weighted by atomic mass is 9.97. The summed E-state index contributed by atoms with van der Waals surface area (Å²) in [4.78, 5) is 29.6. The summed E-state index contributed by atoms with van der Waals surface area (Å²) in [5, 5.41) is 9.70. The van der Waals surface area contributed by atoms with Crippen molar-refractivity contribution in [3.8, 4) is 23.0 Å². The first-order chi connectivity index (χ1) is 21.0. The molecule has 1 aliphatic rings. The SMILES string of the molecule is CCc1cc(Nc2nccn3c(-c4ccc(Oc5ncccn5)c(F)c4F)cnc23)ccc1C(=O)NCC1CCNCC1. The van der Waals surface area contributed by atoms with Gasteiger partial charge in [-0.2, -0.15) is 4.39 Å². The highest BCUT2D eigenvalue weighted by atomic mass is 19.2. The summed E-state index contributed by atoms with van der Waals surface area (Å²) in [6, 6.07) is 9.76. The van der Waals surface area contributed by atoms with Crippen LogP contribution in [-0.2, 0) is 6.42 Å². The summed E-state index contributed by atoms with van der Waals surface area (Å²) in [5.74, 6) is -1.77. The number of nitrogens with one attached hydrogen (secondary N) is 3. The zero-order valence-corrected chi connectivity index (χ0v) is 23.5. The van der Waals surface area contributed by atoms with Crippen molar-refractivity contribution in [2.75, 3.05) is 25.0 Å². The molecular weight excluding hydrogens is 554 g/mol. The molecule has 0 saturated carbocycles. The van der Waals surface area contributed by atoms with E-state index in [1.54, 1.807) is 28.9 Å². The molecule has 2 aromatic carbocycles. The van der Waals surface area contributed by atoms with Gasteiger partial charge in [-0.05, 0) is 80.2 Å². The first-order valence-electron chi connectivity index (χ1n) is 14.2. The minimum Gasteiger partial charge on any atom is -0.421 e. The normalized spacial score (nSPS) is 13.7. The Labute approximate surface area is 246 Å². The topological polar surface area (TPSA) is 118 Å². The van der Waals surface area contributed by atoms with E-state index in [1.165, 1.54) is 30.7 Å². The number of nitrogens with zero attached hydrogens (tertiary/aromatic N) is 5. The summed E-state index contributed by atoms with van der Waals surface area (Å²) >= 11 is 0. The standard InChI is InChI=1S/C31H30F2N8O2/c1-2-20-16-21(4-5-22(20)30(42)39-17-19-8-12-34-13-9-19)40-28-29-38-18-24(41(29)15-14-35-28)23-6-7-25(27(33)26(23)32)43-31-36-10-3-11-37-31/h3-7,10-11,14-16,18-19,34H,2,8-9,12-13,17H2,1H3,(H,35,40)(H,39,42). The van der Waals surface area contributed by atoms with Crippen LogP contribution in [0.1, 0.15) is 35.7 Å². The molecule has 1 fully saturated rings. The van der Waals surface area contributed by atoms with Crippen molar-refractivity contribution in [3.63, 3.8) is 0 Å². The lowest BCUT2D eigenvalue weighted by molar-refractivity contribution is 0.0943. The number of imidazole rings is 1. The molecule has 5 aromatic rings. The molecule has 1 amide bonds. The smallest absolute Gasteiger partial charge is 0.321 e. The van der Waals surface area contributed by atoms with Gasteiger partial charge in [0.05, 0.1) is 11.9 Å². The highest BCUT2D eigenvalue weighted by molar-refractivity contribution is 5.96. The second kappa shape index (κ2) is 12.5. The van der Waals surface area contributed by atoms with Gasteiger partial charge in [-0.25, -0.2) is 24.3 Å². The third-order valence-electron chi connectivity index (χ3n) is 7.50. The Morgan fingerprint density at radius 2 is 1.86 bits per heavy atom. The zero-order valence-electron chi connectivity index (χ0n) is 23.5. The number of amides is 1. The van der Waals surface area contributed by atoms with Crippen molar-refractivity contribution < 1.29 is 18.3 Å². The third kappa shape index (κ3) is 6.00. The second-order valence-electron chi connectivity index (χ2n) is 10.2. The molecule has 0 unspecified atom stereocenters. The summed E-state index contributed by atoms with van der Waals surface area (Å²) < 4.78 is 37.2. The van der Waals surface area contributed by atoms with Gasteiger partial charge in [-0.15, -0.1) is 0 Å². The van der Waals surface area contributed by atoms with E-state index in [0.717, 1.165) is 37.2 Å². The van der Waals surface area contributed by atoms with Crippen molar-refractivity contribution in [2.24, 2.45) is 5.92 Å². The Kier molecular flexibility index (Phi) is 8.18. The number of benzene rings is 2. The molecule has 4 heterocycles. The van der Waals surface area contributed by atoms with E-state index < -0.39 is 11.6 Å². The molecule has 3 aromatic heterocycles. The summed E-state index contributed by atoms with van der Waals surface area (Å²) in [7, 11) is 0. The van der Waals surface area contributed by atoms with Crippen molar-refractivity contribution in [3.05, 3.63) is 90.1 Å². The average Bonchev–Trinajstić information content (AvgIpc) is 3.48. The van der Waals surface area contributed by atoms with Crippen LogP contribution in [0.2, 0.25) is 0 Å². The second-order valence-corrected chi connectivity index (χ2v) is 10.2. The largest absolute Gasteiger partial charge is 0.421 e. The van der Waals surface area contributed by atoms with Crippen LogP contribution in [0.3, 0.4) is 0 Å². The fourth-order valence-electron chi connectivity index (χ4n) is 5.19. The number of piperidine rings is 1. The fraction of sp³-hybridized carbons (Fsp3) is 0.258. The number of fused-ring (bicyclic) bond motifs is 1. The summed E-state index contributed by atoms with van der Waals surface area (Å²) in [6.45, 7) is 4.63. The van der Waals surface area contributed by atoms with Gasteiger partial charge in [0.15, 0.2) is 23.0 Å². The monoisotopic (exact) mass is 584 g/mol. The Bertz CT molecular complexity index is 1760. The zero-order chi connectivity index (χ0) is 29.8. The van der Waals surface area contributed by atoms with E-state index in [9.17, 15) is 9.18 Å². The van der Waals surface area contributed by atoms with E-state index in [1.807, 2.05) is 19.1 Å². The van der Waals surface area contributed by atoms with Crippen molar-refractivity contribution in [1.82, 2.24) is 35.0 Å². The van der Waals surface area contributed by atoms with E-state index in [-0.39, 0.29) is 23.2 Å². The number of ether oxygens (including phenoxy) is 1. The van der Waals surface area contributed by atoms with Crippen LogP contribution in [0.25, 0.3) is 16.9 Å². The number of hydrogen-bond donors (Lipinski definition) is 3. The van der Waals surface area contributed by atoms with Gasteiger partial charge in [-0.3, -0.25) is 9.20 Å². The van der Waals surface area contributed by atoms with Gasteiger partial charge in [-0.1, -0.05) is 6.92 Å². The minimum absolute atomic E-state index is 0.00314. The maximum atomic E-state index is 15.2. The molecule has 1 saturated heterocycles. The van der Waals surface area contributed by atoms with Crippen molar-refractivity contribution in [2.45, 2.75) is 26.2 Å². The number of carbonyl (C=O) groups is 1. The Morgan fingerprint density at radius 1 is 1.05 bits per heavy atom. The highest BCUT2D eigenvalue weighted by Gasteiger charge is 2.21. The van der Waals surface area contributed by atoms with Crippen LogP contribution in [0, 0.1) is 17.6 Å². The maximum absolute atomic E-state index is 15.2. The molecule has 12 heteroatoms. The maximum Gasteiger partial charge on any atom is 0.321 e. The van der Waals surface area contributed by atoms with Crippen LogP contribution in [0.4, 0.5) is 20.3 Å². The predicted octanol–water partition coefficient (Wildman–Crippen LogP) is 5.29. The molecule has 0 aliphatic carbocycles. The number of aromatic nitrogens is 5. The summed E-state index contributed by atoms with van der Waals surface area (Å²) in [5.41, 5.74) is 2.99. The van der Waals surface area contributed by atoms with E-state index in [4.69, 9.17) is 4.74 Å². The molecule has 0 bridgehead atoms. The van der Waals surface area contributed by atoms with Crippen LogP contribution in [0.5, 0.6) is 11.8 Å². The number of aryl methyl sites for hydroxylation is 1. The molecule has 0 atom stereocenters. The molecular formula is C31H30F2N8O2. The van der Waals surface area contributed by atoms with Gasteiger partial charge in [0.1, 0.15) is 0 Å². The molecule has 43 heavy (non-hydrogen) atoms. The molecule has 3 N–H and O–H groups in total. The quantitative estimate of drug-likeness (QED) is 0.214. The predicted molar refractivity (Wildman–Crippen MR) is 157 cm³/mol. The number of rotatable bonds is 9. The average molecular weight is 585 g/mol. The lowest BCUT2D eigenvalue weighted by Crippen LogP contribution is -2.36. The van der Waals surface area contributed by atoms with Gasteiger partial charge in [0, 0.05) is 48.1 Å². The van der Waals surface area contributed by atoms with Crippen molar-refractivity contribution in [1.29, 1.82) is 0 Å². The molecule has 0 spiro atoms. The number of anilines is 2. The third-order valence-corrected chi connectivity index (χ3v) is 7.50. The fourth-order valence-corrected chi connectivity index (χ4v) is 5.19. The van der Waals surface area contributed by atoms with Crippen LogP contribution in [0.15, 0.2) is 67.4 Å². The first kappa shape index (κ1) is 28.2. The molecule has 10 nitrogen and oxygen atoms in total. The Balaban J connectivity index is 1.22. The number of carbonyl (C=O) groups excluding carboxylic acids is 1. The van der Waals surface area contributed by atoms with Crippen molar-refractivity contribution >= 4 is 23.1 Å². The van der Waals surface area contributed by atoms with Crippen LogP contribution < -0.4 is 20.7 Å². The van der Waals surface area contributed by atoms with E-state index >= 15 is 4.39 Å². The van der Waals surface area contributed by atoms with Gasteiger partial charge in [0.2, 0.25) is 5.82 Å². The van der Waals surface area contributed by atoms with E-state index in [0.29, 0.717) is 41.6 Å². The molecule has 0 radical (unpaired) electrons. The van der Waals surface area contributed by atoms with Crippen LogP contribution in [-0.4, -0.2) is 49.9 Å². The summed E-state index contributed by atoms with van der Waals surface area (Å²) in [6.07, 6.45) is 10.3. The van der Waals surface area contributed by atoms with E-state index in [2.05, 4.69) is 35.9 Å². The Morgan fingerprint density at radius 3 is 2.65 bits per heavy atom. The number of halogens is 2. The molecule has 220 valence electrons. The van der Waals surface area contributed by atoms with Gasteiger partial charge >= 0.3 is 6.01 Å². The minimum atomic E-state index is -1.17. The Hall–Kier alpha value is -4.97. The first-order valence-corrected chi connectivity index (χ1v) is 14.2. The highest BCUT2D eigenvalue weighted by Crippen LogP contribution is 2.33. The lowest BCUT2D eigenvalue weighted by Gasteiger charge is -2.23. The molecule has 1 aliphatic heterocycles. The molecule has 6 rings (SSSR count). The number of hydrogen-bond acceptors (Lipinski definition) is 8. The van der Waals surface area contributed by atoms with Gasteiger partial charge in [0.25, 0.3) is 5.91 Å². The van der Waals surface area contributed by atoms with Crippen LogP contribution >= 0.6 is 0 Å².